The van der Waals surface area contributed by atoms with Crippen molar-refractivity contribution in [1.29, 1.82) is 0 Å². The molecule has 0 bridgehead atoms. The van der Waals surface area contributed by atoms with E-state index < -0.39 is 22.2 Å². The minimum Gasteiger partial charge on any atom is -0.320 e. The first-order valence-corrected chi connectivity index (χ1v) is 53.2. The lowest BCUT2D eigenvalue weighted by atomic mass is 9.80. The van der Waals surface area contributed by atoms with Crippen LogP contribution in [0.15, 0.2) is 475 Å². The second kappa shape index (κ2) is 46.1. The lowest BCUT2D eigenvalue weighted by molar-refractivity contribution is 0.528. The number of halogens is 12. The highest BCUT2D eigenvalue weighted by atomic mass is 79.9. The van der Waals surface area contributed by atoms with Crippen LogP contribution in [0.5, 0.6) is 0 Å². The number of hydrogen-bond donors (Lipinski definition) is 0. The van der Waals surface area contributed by atoms with Crippen LogP contribution < -0.4 is 19.6 Å². The Labute approximate surface area is 919 Å². The molecule has 4 aliphatic heterocycles. The Morgan fingerprint density at radius 1 is 0.208 bits per heavy atom. The van der Waals surface area contributed by atoms with Gasteiger partial charge in [-0.2, -0.15) is 0 Å². The van der Waals surface area contributed by atoms with Gasteiger partial charge in [0.1, 0.15) is 45.5 Å². The van der Waals surface area contributed by atoms with Crippen molar-refractivity contribution >= 4 is 253 Å². The molecular weight excluding hydrogens is 2260 g/mol. The van der Waals surface area contributed by atoms with Gasteiger partial charge in [-0.05, 0) is 345 Å². The Hall–Kier alpha value is -11.5. The van der Waals surface area contributed by atoms with Gasteiger partial charge in [0.2, 0.25) is 0 Å². The second-order valence-corrected chi connectivity index (χ2v) is 42.7. The number of aliphatic imine (C=N–C) groups is 8. The first kappa shape index (κ1) is 104. The number of benzene rings is 16. The zero-order valence-corrected chi connectivity index (χ0v) is 92.7. The third-order valence-corrected chi connectivity index (χ3v) is 30.8. The maximum Gasteiger partial charge on any atom is 0.146 e. The Balaban J connectivity index is 0.000000132. The fourth-order valence-electron chi connectivity index (χ4n) is 19.3. The molecule has 0 spiro atoms. The van der Waals surface area contributed by atoms with E-state index in [-0.39, 0.29) is 24.2 Å². The van der Waals surface area contributed by atoms with Gasteiger partial charge >= 0.3 is 0 Å². The summed E-state index contributed by atoms with van der Waals surface area (Å²) >= 11 is 61.3. The molecule has 8 atom stereocenters. The smallest absolute Gasteiger partial charge is 0.146 e. The summed E-state index contributed by atoms with van der Waals surface area (Å²) in [6.45, 7) is 17.1. The molecule has 0 fully saturated rings. The summed E-state index contributed by atoms with van der Waals surface area (Å²) in [6, 6.07) is 137. The SMILES string of the molecule is CC(=Nc1ccc(Br)cc1)C1(c2ccc(Cl)cc2)N=C(c2ccc(Cl)cc2)N(c2ccc(Br)cc2)C1C.CC(=Nc1ccc(Br)cc1)C1(c2ccccc2)N=C(c2ccccc2)N(c2ccc(Br)cc2)C1C.CC(=Nc1ccc(Cl)cc1)C1(c2ccc(Cl)cc2)N=C(c2ccc(Cl)cc2)N(c2ccc(Br)cc2)C1C.CC(=Nc1ccc(Cl)cc1)C1(c2ccccc2)N=C(c2ccccc2)N(c2ccc(Cl)cc2)C1C. The number of anilines is 4. The van der Waals surface area contributed by atoms with Crippen LogP contribution in [0.1, 0.15) is 99.9 Å². The summed E-state index contributed by atoms with van der Waals surface area (Å²) in [7, 11) is 0. The lowest BCUT2D eigenvalue weighted by Crippen LogP contribution is -2.47. The molecule has 20 rings (SSSR count). The van der Waals surface area contributed by atoms with E-state index in [2.05, 4.69) is 281 Å². The summed E-state index contributed by atoms with van der Waals surface area (Å²) < 4.78 is 5.12. The van der Waals surface area contributed by atoms with Crippen LogP contribution in [0.2, 0.25) is 35.2 Å². The van der Waals surface area contributed by atoms with Crippen LogP contribution in [-0.2, 0) is 22.2 Å². The molecule has 0 N–H and O–H groups in total. The van der Waals surface area contributed by atoms with Crippen molar-refractivity contribution in [2.75, 3.05) is 19.6 Å². The molecule has 0 amide bonds. The molecule has 0 aliphatic carbocycles. The van der Waals surface area contributed by atoms with E-state index in [0.29, 0.717) is 35.2 Å². The quantitative estimate of drug-likeness (QED) is 0.0708. The van der Waals surface area contributed by atoms with Crippen LogP contribution >= 0.6 is 161 Å². The van der Waals surface area contributed by atoms with Crippen molar-refractivity contribution in [1.82, 2.24) is 0 Å². The highest BCUT2D eigenvalue weighted by Crippen LogP contribution is 2.51. The number of amidine groups is 4. The standard InChI is InChI=1S/C30H23Br2Cl2N3.C30H25Br2N3.C30H23BrCl3N3.C30H25Cl2N3/c1-19(35-27-15-7-23(31)8-16-27)30(22-5-13-26(34)14-6-22)20(2)37(28-17-9-24(32)10-18-28)29(36-30)21-3-11-25(33)12-4-21;1-21(33-27-17-13-25(31)14-18-27)30(24-11-7-4-8-12-24)22(2)35(28-19-15-26(32)16-20-28)29(34-30)23-9-5-3-6-10-23;1-19(35-27-15-13-26(34)14-16-27)30(22-5-11-25(33)12-6-22)20(2)37(28-17-7-23(31)8-18-28)29(36-30)21-3-9-24(32)10-4-21;1-21(33-27-17-13-25(31)14-18-27)30(24-11-7-4-8-12-24)22(2)35(28-19-15-26(32)16-20-28)29(34-30)23-9-5-3-6-10-23/h3-18,20H,1-2H3;3-20,22H,1-2H3;3-18,20H,1-2H3;3-20,22H,1-2H3. The molecule has 4 heterocycles. The summed E-state index contributed by atoms with van der Waals surface area (Å²) in [5, 5.41) is 4.77. The zero-order chi connectivity index (χ0) is 101. The summed E-state index contributed by atoms with van der Waals surface area (Å²) in [6.07, 6.45) is 0. The first-order chi connectivity index (χ1) is 69.5. The number of hydrogen-bond acceptors (Lipinski definition) is 12. The highest BCUT2D eigenvalue weighted by Gasteiger charge is 2.55. The van der Waals surface area contributed by atoms with Crippen molar-refractivity contribution < 1.29 is 0 Å². The van der Waals surface area contributed by atoms with Crippen molar-refractivity contribution in [2.45, 2.75) is 102 Å². The normalized spacial score (nSPS) is 19.9. The van der Waals surface area contributed by atoms with Gasteiger partial charge in [0.15, 0.2) is 0 Å². The molecule has 4 aliphatic rings. The van der Waals surface area contributed by atoms with Gasteiger partial charge in [-0.1, -0.05) is 306 Å². The molecule has 0 saturated heterocycles. The lowest BCUT2D eigenvalue weighted by Gasteiger charge is -2.36. The second-order valence-electron chi connectivity index (χ2n) is 35.1. The maximum absolute atomic E-state index is 6.31. The van der Waals surface area contributed by atoms with E-state index in [4.69, 9.17) is 121 Å². The fraction of sp³-hybridized carbons (Fsp3) is 0.133. The van der Waals surface area contributed by atoms with Gasteiger partial charge in [0.05, 0.1) is 46.9 Å². The van der Waals surface area contributed by atoms with Gasteiger partial charge in [-0.15, -0.1) is 0 Å². The minimum atomic E-state index is -0.785. The van der Waals surface area contributed by atoms with E-state index in [0.717, 1.165) is 159 Å². The molecular formula is C120H96Br5Cl7N12. The van der Waals surface area contributed by atoms with Gasteiger partial charge in [0, 0.05) is 125 Å². The molecule has 16 aromatic rings. The average Bonchev–Trinajstić information content (AvgIpc) is 1.59. The molecule has 0 radical (unpaired) electrons. The average molecular weight is 2350 g/mol. The Morgan fingerprint density at radius 3 is 0.590 bits per heavy atom. The predicted octanol–water partition coefficient (Wildman–Crippen LogP) is 36.5. The molecule has 24 heteroatoms. The van der Waals surface area contributed by atoms with Crippen molar-refractivity contribution in [3.63, 3.8) is 0 Å². The molecule has 8 unspecified atom stereocenters. The zero-order valence-electron chi connectivity index (χ0n) is 79.5. The summed E-state index contributed by atoms with van der Waals surface area (Å²) in [5.41, 5.74) is 16.6. The minimum absolute atomic E-state index is 0.0134. The summed E-state index contributed by atoms with van der Waals surface area (Å²) in [5.74, 6) is 3.53. The van der Waals surface area contributed by atoms with Crippen LogP contribution in [-0.4, -0.2) is 70.4 Å². The molecule has 16 aromatic carbocycles. The molecule has 720 valence electrons. The van der Waals surface area contributed by atoms with Gasteiger partial charge < -0.3 is 19.6 Å². The van der Waals surface area contributed by atoms with Crippen LogP contribution in [0.25, 0.3) is 0 Å². The van der Waals surface area contributed by atoms with Gasteiger partial charge in [-0.25, -0.2) is 20.0 Å². The van der Waals surface area contributed by atoms with E-state index in [1.54, 1.807) is 0 Å². The van der Waals surface area contributed by atoms with E-state index in [1.807, 2.05) is 286 Å². The topological polar surface area (TPSA) is 112 Å². The van der Waals surface area contributed by atoms with E-state index in [9.17, 15) is 0 Å². The summed E-state index contributed by atoms with van der Waals surface area (Å²) in [4.78, 5) is 51.5. The largest absolute Gasteiger partial charge is 0.320 e. The van der Waals surface area contributed by atoms with E-state index in [1.165, 1.54) is 0 Å². The monoisotopic (exact) mass is 2340 g/mol. The number of nitrogens with zero attached hydrogens (tertiary/aromatic N) is 12. The third kappa shape index (κ3) is 22.4. The molecule has 0 saturated carbocycles. The van der Waals surface area contributed by atoms with Crippen molar-refractivity contribution in [3.8, 4) is 0 Å². The Bertz CT molecular complexity index is 7010. The van der Waals surface area contributed by atoms with Gasteiger partial charge in [-0.3, -0.25) is 20.0 Å². The maximum atomic E-state index is 6.31. The molecule has 0 aromatic heterocycles. The van der Waals surface area contributed by atoms with Gasteiger partial charge in [0.25, 0.3) is 0 Å². The third-order valence-electron chi connectivity index (χ3n) is 26.4. The van der Waals surface area contributed by atoms with Crippen LogP contribution in [0, 0.1) is 0 Å². The Morgan fingerprint density at radius 2 is 0.368 bits per heavy atom. The van der Waals surface area contributed by atoms with Crippen LogP contribution in [0.4, 0.5) is 45.5 Å². The molecule has 12 nitrogen and oxygen atoms in total. The Kier molecular flexibility index (Phi) is 33.2. The van der Waals surface area contributed by atoms with Crippen molar-refractivity contribution in [3.05, 3.63) is 515 Å². The predicted molar refractivity (Wildman–Crippen MR) is 628 cm³/mol. The fourth-order valence-corrected chi connectivity index (χ4v) is 21.5. The van der Waals surface area contributed by atoms with E-state index >= 15 is 0 Å². The molecule has 144 heavy (non-hydrogen) atoms. The highest BCUT2D eigenvalue weighted by molar-refractivity contribution is 9.11. The first-order valence-electron chi connectivity index (χ1n) is 46.6. The van der Waals surface area contributed by atoms with Crippen LogP contribution in [0.3, 0.4) is 0 Å². The number of rotatable bonds is 20. The van der Waals surface area contributed by atoms with Crippen molar-refractivity contribution in [2.24, 2.45) is 39.9 Å².